The number of allylic oxidation sites excluding steroid dienone is 1. The topological polar surface area (TPSA) is 110 Å². The maximum absolute atomic E-state index is 14.3. The summed E-state index contributed by atoms with van der Waals surface area (Å²) in [5.41, 5.74) is 5.11. The molecule has 62 heavy (non-hydrogen) atoms. The summed E-state index contributed by atoms with van der Waals surface area (Å²) in [4.78, 5) is 21.8. The van der Waals surface area contributed by atoms with E-state index in [1.165, 1.54) is 38.5 Å². The minimum atomic E-state index is -1.26. The minimum absolute atomic E-state index is 0.0638. The minimum Gasteiger partial charge on any atom is -0.459 e. The van der Waals surface area contributed by atoms with Crippen LogP contribution in [0.25, 0.3) is 11.1 Å². The van der Waals surface area contributed by atoms with E-state index in [0.29, 0.717) is 30.8 Å². The molecular formula is C53H72N2O7. The van der Waals surface area contributed by atoms with E-state index in [1.807, 2.05) is 54.4 Å². The third kappa shape index (κ3) is 11.4. The van der Waals surface area contributed by atoms with Crippen molar-refractivity contribution in [1.29, 1.82) is 0 Å². The van der Waals surface area contributed by atoms with Gasteiger partial charge in [-0.15, -0.1) is 6.58 Å². The number of amides is 1. The van der Waals surface area contributed by atoms with Gasteiger partial charge in [0.1, 0.15) is 30.4 Å². The molecule has 6 unspecified atom stereocenters. The quantitative estimate of drug-likeness (QED) is 0.0470. The number of aliphatic hydroxyl groups excluding tert-OH is 2. The van der Waals surface area contributed by atoms with Crippen LogP contribution < -0.4 is 9.47 Å². The van der Waals surface area contributed by atoms with Gasteiger partial charge in [-0.25, -0.2) is 0 Å². The molecule has 0 aromatic heterocycles. The normalized spacial score (nSPS) is 23.1. The lowest BCUT2D eigenvalue weighted by atomic mass is 9.55. The Bertz CT molecular complexity index is 1910. The Kier molecular flexibility index (Phi) is 18.1. The smallest absolute Gasteiger partial charge is 0.239 e. The fourth-order valence-corrected chi connectivity index (χ4v) is 10.3. The number of hydrogen-bond donors (Lipinski definition) is 2. The third-order valence-electron chi connectivity index (χ3n) is 13.4. The second-order valence-corrected chi connectivity index (χ2v) is 17.5. The molecule has 9 nitrogen and oxygen atoms in total. The van der Waals surface area contributed by atoms with Crippen LogP contribution in [0.2, 0.25) is 0 Å². The van der Waals surface area contributed by atoms with Crippen molar-refractivity contribution < 1.29 is 34.1 Å². The highest BCUT2D eigenvalue weighted by molar-refractivity contribution is 6.03. The van der Waals surface area contributed by atoms with E-state index in [2.05, 4.69) is 49.9 Å². The lowest BCUT2D eigenvalue weighted by Gasteiger charge is -2.59. The van der Waals surface area contributed by atoms with Crippen LogP contribution in [0.1, 0.15) is 128 Å². The van der Waals surface area contributed by atoms with Crippen LogP contribution in [-0.4, -0.2) is 72.5 Å². The van der Waals surface area contributed by atoms with Crippen molar-refractivity contribution in [1.82, 2.24) is 4.90 Å². The predicted molar refractivity (Wildman–Crippen MR) is 249 cm³/mol. The van der Waals surface area contributed by atoms with Crippen molar-refractivity contribution >= 4 is 11.6 Å². The molecular weight excluding hydrogens is 777 g/mol. The molecule has 3 aliphatic rings. The highest BCUT2D eigenvalue weighted by atomic mass is 16.7. The van der Waals surface area contributed by atoms with E-state index in [-0.39, 0.29) is 49.4 Å². The zero-order valence-electron chi connectivity index (χ0n) is 37.6. The monoisotopic (exact) mass is 849 g/mol. The summed E-state index contributed by atoms with van der Waals surface area (Å²) in [5, 5.41) is 24.5. The summed E-state index contributed by atoms with van der Waals surface area (Å²) < 4.78 is 21.0. The molecule has 1 amide bonds. The van der Waals surface area contributed by atoms with E-state index in [1.54, 1.807) is 13.2 Å². The van der Waals surface area contributed by atoms with Crippen molar-refractivity contribution in [3.05, 3.63) is 103 Å². The molecule has 3 aromatic carbocycles. The lowest BCUT2D eigenvalue weighted by molar-refractivity contribution is -0.255. The average molecular weight is 849 g/mol. The summed E-state index contributed by atoms with van der Waals surface area (Å²) in [5.74, 6) is 0.774. The summed E-state index contributed by atoms with van der Waals surface area (Å²) in [6.07, 6.45) is 20.5. The van der Waals surface area contributed by atoms with Crippen molar-refractivity contribution in [2.75, 3.05) is 34.0 Å². The van der Waals surface area contributed by atoms with Gasteiger partial charge in [-0.2, -0.15) is 0 Å². The first-order valence-electron chi connectivity index (χ1n) is 23.6. The van der Waals surface area contributed by atoms with Gasteiger partial charge in [0.2, 0.25) is 11.7 Å². The maximum Gasteiger partial charge on any atom is 0.239 e. The molecule has 1 fully saturated rings. The fraction of sp³-hybridized carbons (Fsp3) is 0.547. The average Bonchev–Trinajstić information content (AvgIpc) is 3.29. The number of unbranched alkanes of at least 4 members (excludes halogenated alkanes) is 10. The van der Waals surface area contributed by atoms with Gasteiger partial charge < -0.3 is 34.2 Å². The van der Waals surface area contributed by atoms with Crippen LogP contribution in [0.5, 0.6) is 17.2 Å². The highest BCUT2D eigenvalue weighted by Gasteiger charge is 2.65. The Morgan fingerprint density at radius 3 is 2.19 bits per heavy atom. The predicted octanol–water partition coefficient (Wildman–Crippen LogP) is 11.8. The van der Waals surface area contributed by atoms with Gasteiger partial charge in [0, 0.05) is 44.6 Å². The SMILES string of the molecule is C=CCOC12Oc3ccc(Oc4ccc(-c5ccccc5)cc4)cc3C3C(CCCCO)C(CCCCO)C=C(C(=NOC)CC1N(C)C(=O)CCCCCCCCCCC)C32. The van der Waals surface area contributed by atoms with Crippen LogP contribution in [0.15, 0.2) is 102 Å². The molecule has 0 bridgehead atoms. The molecule has 2 aliphatic carbocycles. The Morgan fingerprint density at radius 2 is 1.52 bits per heavy atom. The van der Waals surface area contributed by atoms with Gasteiger partial charge in [-0.05, 0) is 91.0 Å². The van der Waals surface area contributed by atoms with Crippen LogP contribution in [-0.2, 0) is 14.4 Å². The first-order valence-corrected chi connectivity index (χ1v) is 23.6. The van der Waals surface area contributed by atoms with E-state index in [9.17, 15) is 15.0 Å². The second kappa shape index (κ2) is 23.9. The number of carbonyl (C=O) groups excluding carboxylic acids is 1. The van der Waals surface area contributed by atoms with Gasteiger partial charge in [0.15, 0.2) is 0 Å². The lowest BCUT2D eigenvalue weighted by Crippen LogP contribution is -2.69. The molecule has 6 rings (SSSR count). The molecule has 0 saturated heterocycles. The van der Waals surface area contributed by atoms with Gasteiger partial charge in [-0.3, -0.25) is 4.79 Å². The first kappa shape index (κ1) is 47.0. The van der Waals surface area contributed by atoms with Gasteiger partial charge in [-0.1, -0.05) is 131 Å². The van der Waals surface area contributed by atoms with Crippen molar-refractivity contribution in [2.45, 2.75) is 134 Å². The van der Waals surface area contributed by atoms with Gasteiger partial charge in [0.05, 0.1) is 18.2 Å². The van der Waals surface area contributed by atoms with E-state index in [0.717, 1.165) is 85.1 Å². The number of nitrogens with zero attached hydrogens (tertiary/aromatic N) is 2. The zero-order valence-corrected chi connectivity index (χ0v) is 37.6. The Hall–Kier alpha value is -4.44. The standard InChI is InChI=1S/C53H72N2O7/c1-5-7-8-9-10-11-12-13-17-26-50(58)55(3)49-38-47(54-59-4)45-36-41(24-18-20-33-56)44(25-19-21-34-57)51-46-37-43(31-32-48(46)62-53(49,52(45)51)60-35-6-2)61-42-29-27-40(28-30-42)39-22-15-14-16-23-39/h6,14-16,22-23,27-32,36-37,41,44,49,51-52,56-57H,2,5,7-13,17-21,24-26,33-35,38H2,1,3-4H3. The molecule has 9 heteroatoms. The Labute approximate surface area is 371 Å². The van der Waals surface area contributed by atoms with Crippen LogP contribution >= 0.6 is 0 Å². The highest BCUT2D eigenvalue weighted by Crippen LogP contribution is 2.62. The van der Waals surface area contributed by atoms with E-state index < -0.39 is 11.8 Å². The molecule has 1 saturated carbocycles. The largest absolute Gasteiger partial charge is 0.459 e. The Balaban J connectivity index is 1.38. The van der Waals surface area contributed by atoms with Crippen LogP contribution in [0, 0.1) is 17.8 Å². The molecule has 1 heterocycles. The third-order valence-corrected chi connectivity index (χ3v) is 13.4. The summed E-state index contributed by atoms with van der Waals surface area (Å²) in [6, 6.07) is 24.0. The second-order valence-electron chi connectivity index (χ2n) is 17.5. The summed E-state index contributed by atoms with van der Waals surface area (Å²) in [7, 11) is 3.47. The summed E-state index contributed by atoms with van der Waals surface area (Å²) in [6.45, 7) is 6.79. The maximum atomic E-state index is 14.3. The number of ether oxygens (including phenoxy) is 3. The molecule has 0 radical (unpaired) electrons. The first-order chi connectivity index (χ1) is 30.4. The van der Waals surface area contributed by atoms with Gasteiger partial charge >= 0.3 is 0 Å². The van der Waals surface area contributed by atoms with Crippen LogP contribution in [0.3, 0.4) is 0 Å². The van der Waals surface area contributed by atoms with E-state index >= 15 is 0 Å². The summed E-state index contributed by atoms with van der Waals surface area (Å²) >= 11 is 0. The number of aliphatic hydroxyl groups is 2. The van der Waals surface area contributed by atoms with Crippen molar-refractivity contribution in [3.8, 4) is 28.4 Å². The number of oxime groups is 1. The van der Waals surface area contributed by atoms with E-state index in [4.69, 9.17) is 24.2 Å². The van der Waals surface area contributed by atoms with Crippen LogP contribution in [0.4, 0.5) is 0 Å². The van der Waals surface area contributed by atoms with Crippen molar-refractivity contribution in [2.24, 2.45) is 22.9 Å². The number of likely N-dealkylation sites (N-methyl/N-ethyl adjacent to an activating group) is 1. The van der Waals surface area contributed by atoms with Gasteiger partial charge in [0.25, 0.3) is 0 Å². The fourth-order valence-electron chi connectivity index (χ4n) is 10.3. The molecule has 3 aromatic rings. The number of hydrogen-bond acceptors (Lipinski definition) is 8. The molecule has 1 aliphatic heterocycles. The molecule has 0 spiro atoms. The number of carbonyl (C=O) groups is 1. The number of fused-ring (bicyclic) bond motifs is 2. The molecule has 6 atom stereocenters. The molecule has 336 valence electrons. The zero-order chi connectivity index (χ0) is 43.7. The van der Waals surface area contributed by atoms with Crippen molar-refractivity contribution in [3.63, 3.8) is 0 Å². The molecule has 2 N–H and O–H groups in total. The number of rotatable bonds is 26. The number of benzene rings is 3. The Morgan fingerprint density at radius 1 is 0.855 bits per heavy atom.